The van der Waals surface area contributed by atoms with Crippen LogP contribution in [0.1, 0.15) is 27.7 Å². The Morgan fingerprint density at radius 1 is 1.42 bits per heavy atom. The molecule has 0 aliphatic rings. The normalized spacial score (nSPS) is 15.0. The van der Waals surface area contributed by atoms with Crippen molar-refractivity contribution < 1.29 is 4.79 Å². The lowest BCUT2D eigenvalue weighted by molar-refractivity contribution is -0.111. The Kier molecular flexibility index (Phi) is 4.31. The molecule has 0 rings (SSSR count). The van der Waals surface area contributed by atoms with Crippen molar-refractivity contribution in [2.24, 2.45) is 5.41 Å². The largest absolute Gasteiger partial charge is 0.302 e. The Morgan fingerprint density at radius 3 is 2.33 bits per heavy atom. The molecule has 0 aliphatic heterocycles. The van der Waals surface area contributed by atoms with Gasteiger partial charge in [0.15, 0.2) is 0 Å². The second-order valence-corrected chi connectivity index (χ2v) is 3.27. The molecule has 0 spiro atoms. The molecule has 0 saturated carbocycles. The van der Waals surface area contributed by atoms with Gasteiger partial charge in [0, 0.05) is 0 Å². The third-order valence-electron chi connectivity index (χ3n) is 1.45. The molecule has 0 amide bonds. The average Bonchev–Trinajstić information content (AvgIpc) is 2.02. The van der Waals surface area contributed by atoms with Crippen LogP contribution < -0.4 is 0 Å². The molecule has 1 atom stereocenters. The molecule has 0 saturated heterocycles. The van der Waals surface area contributed by atoms with Gasteiger partial charge in [0.2, 0.25) is 0 Å². The first-order valence-corrected chi connectivity index (χ1v) is 4.05. The Balaban J connectivity index is 4.79. The summed E-state index contributed by atoms with van der Waals surface area (Å²) >= 11 is 0. The summed E-state index contributed by atoms with van der Waals surface area (Å²) in [7, 11) is 0. The number of carbonyl (C=O) groups is 1. The first-order chi connectivity index (χ1) is 5.54. The number of allylic oxidation sites excluding steroid dienone is 3. The molecule has 0 aromatic heterocycles. The van der Waals surface area contributed by atoms with Crippen molar-refractivity contribution in [3.05, 3.63) is 29.5 Å². The summed E-state index contributed by atoms with van der Waals surface area (Å²) in [6.07, 6.45) is 6.44. The zero-order chi connectivity index (χ0) is 9.61. The molecule has 1 heteroatoms. The number of carbonyl (C=O) groups excluding carboxylic acids is 1. The van der Waals surface area contributed by atoms with Crippen LogP contribution in [0.4, 0.5) is 0 Å². The quantitative estimate of drug-likeness (QED) is 0.356. The van der Waals surface area contributed by atoms with Crippen LogP contribution in [0.3, 0.4) is 0 Å². The fourth-order valence-corrected chi connectivity index (χ4v) is 0.780. The van der Waals surface area contributed by atoms with Crippen LogP contribution in [0.2, 0.25) is 0 Å². The Hall–Kier alpha value is -1.07. The van der Waals surface area contributed by atoms with Gasteiger partial charge in [0.05, 0.1) is 5.41 Å². The van der Waals surface area contributed by atoms with Crippen LogP contribution in [0.5, 0.6) is 0 Å². The molecular weight excluding hydrogens is 148 g/mol. The van der Waals surface area contributed by atoms with E-state index in [4.69, 9.17) is 0 Å². The summed E-state index contributed by atoms with van der Waals surface area (Å²) in [5.74, 6) is 0. The van der Waals surface area contributed by atoms with Crippen molar-refractivity contribution in [2.75, 3.05) is 0 Å². The van der Waals surface area contributed by atoms with Crippen molar-refractivity contribution in [1.82, 2.24) is 0 Å². The van der Waals surface area contributed by atoms with E-state index >= 15 is 0 Å². The van der Waals surface area contributed by atoms with E-state index in [0.717, 1.165) is 11.9 Å². The van der Waals surface area contributed by atoms with Crippen LogP contribution in [-0.2, 0) is 4.79 Å². The van der Waals surface area contributed by atoms with Crippen LogP contribution in [-0.4, -0.2) is 6.29 Å². The Morgan fingerprint density at radius 2 is 2.00 bits per heavy atom. The van der Waals surface area contributed by atoms with Gasteiger partial charge in [-0.1, -0.05) is 12.2 Å². The molecule has 66 valence electrons. The van der Waals surface area contributed by atoms with E-state index < -0.39 is 5.41 Å². The smallest absolute Gasteiger partial charge is 0.134 e. The highest BCUT2D eigenvalue weighted by Crippen LogP contribution is 2.16. The maximum Gasteiger partial charge on any atom is 0.134 e. The lowest BCUT2D eigenvalue weighted by Gasteiger charge is -2.10. The molecule has 0 bridgehead atoms. The number of rotatable bonds is 3. The lowest BCUT2D eigenvalue weighted by Crippen LogP contribution is -2.10. The summed E-state index contributed by atoms with van der Waals surface area (Å²) in [4.78, 5) is 10.7. The topological polar surface area (TPSA) is 17.1 Å². The minimum atomic E-state index is -0.494. The van der Waals surface area contributed by atoms with Gasteiger partial charge in [-0.25, -0.2) is 0 Å². The fourth-order valence-electron chi connectivity index (χ4n) is 0.780. The van der Waals surface area contributed by atoms with Crippen molar-refractivity contribution in [1.29, 1.82) is 0 Å². The molecule has 0 aromatic rings. The van der Waals surface area contributed by atoms with E-state index in [0.29, 0.717) is 0 Å². The van der Waals surface area contributed by atoms with Crippen molar-refractivity contribution in [2.45, 2.75) is 27.7 Å². The minimum absolute atomic E-state index is 0.494. The Labute approximate surface area is 74.5 Å². The summed E-state index contributed by atoms with van der Waals surface area (Å²) in [6.45, 7) is 7.67. The van der Waals surface area contributed by atoms with Crippen molar-refractivity contribution in [3.63, 3.8) is 0 Å². The van der Waals surface area contributed by atoms with E-state index in [-0.39, 0.29) is 0 Å². The van der Waals surface area contributed by atoms with Gasteiger partial charge in [0.25, 0.3) is 0 Å². The number of hydrogen-bond donors (Lipinski definition) is 0. The third-order valence-corrected chi connectivity index (χ3v) is 1.45. The number of hydrogen-bond acceptors (Lipinski definition) is 1. The highest BCUT2D eigenvalue weighted by Gasteiger charge is 2.14. The lowest BCUT2D eigenvalue weighted by atomic mass is 9.92. The molecule has 0 radical (unpaired) electrons. The van der Waals surface area contributed by atoms with Crippen LogP contribution in [0.25, 0.3) is 0 Å². The van der Waals surface area contributed by atoms with Crippen molar-refractivity contribution >= 4 is 6.29 Å². The van der Waals surface area contributed by atoms with Gasteiger partial charge in [-0.15, -0.1) is 5.73 Å². The summed E-state index contributed by atoms with van der Waals surface area (Å²) < 4.78 is 0. The molecule has 0 aliphatic carbocycles. The van der Waals surface area contributed by atoms with E-state index in [1.165, 1.54) is 0 Å². The summed E-state index contributed by atoms with van der Waals surface area (Å²) in [5, 5.41) is 0. The van der Waals surface area contributed by atoms with Crippen LogP contribution in [0.15, 0.2) is 29.5 Å². The first-order valence-electron chi connectivity index (χ1n) is 4.05. The van der Waals surface area contributed by atoms with E-state index in [1.807, 2.05) is 39.8 Å². The van der Waals surface area contributed by atoms with Gasteiger partial charge in [-0.05, 0) is 39.3 Å². The standard InChI is InChI=1S/C11H16O/c1-5-7-11(4,9-12)8-6-10(2)3/h5,7-9H,1-4H3. The molecule has 12 heavy (non-hydrogen) atoms. The SMILES string of the molecule is CC=CC(C)(C=O)C=C=C(C)C. The fraction of sp³-hybridized carbons (Fsp3) is 0.455. The average molecular weight is 164 g/mol. The van der Waals surface area contributed by atoms with E-state index in [2.05, 4.69) is 5.73 Å². The second kappa shape index (κ2) is 4.74. The summed E-state index contributed by atoms with van der Waals surface area (Å²) in [5.41, 5.74) is 3.61. The highest BCUT2D eigenvalue weighted by molar-refractivity contribution is 5.65. The monoisotopic (exact) mass is 164 g/mol. The second-order valence-electron chi connectivity index (χ2n) is 3.27. The van der Waals surface area contributed by atoms with Gasteiger partial charge in [-0.3, -0.25) is 0 Å². The van der Waals surface area contributed by atoms with E-state index in [9.17, 15) is 4.79 Å². The maximum atomic E-state index is 10.7. The molecule has 0 fully saturated rings. The highest BCUT2D eigenvalue weighted by atomic mass is 16.1. The van der Waals surface area contributed by atoms with Crippen LogP contribution >= 0.6 is 0 Å². The third kappa shape index (κ3) is 3.95. The van der Waals surface area contributed by atoms with Gasteiger partial charge >= 0.3 is 0 Å². The van der Waals surface area contributed by atoms with Gasteiger partial charge in [0.1, 0.15) is 6.29 Å². The predicted molar refractivity (Wildman–Crippen MR) is 51.9 cm³/mol. The maximum absolute atomic E-state index is 10.7. The van der Waals surface area contributed by atoms with Crippen molar-refractivity contribution in [3.8, 4) is 0 Å². The first kappa shape index (κ1) is 10.9. The van der Waals surface area contributed by atoms with Crippen LogP contribution in [0, 0.1) is 5.41 Å². The van der Waals surface area contributed by atoms with E-state index in [1.54, 1.807) is 6.08 Å². The zero-order valence-electron chi connectivity index (χ0n) is 8.22. The van der Waals surface area contributed by atoms with Gasteiger partial charge in [-0.2, -0.15) is 0 Å². The molecule has 0 aromatic carbocycles. The number of aldehydes is 1. The molecule has 1 unspecified atom stereocenters. The molecule has 0 heterocycles. The summed E-state index contributed by atoms with van der Waals surface area (Å²) in [6, 6.07) is 0. The molecular formula is C11H16O. The molecule has 0 N–H and O–H groups in total. The molecule has 1 nitrogen and oxygen atoms in total. The zero-order valence-corrected chi connectivity index (χ0v) is 8.22. The van der Waals surface area contributed by atoms with Gasteiger partial charge < -0.3 is 4.79 Å². The Bertz CT molecular complexity index is 238. The predicted octanol–water partition coefficient (Wildman–Crippen LogP) is 2.89. The minimum Gasteiger partial charge on any atom is -0.302 e.